The van der Waals surface area contributed by atoms with Crippen LogP contribution in [0.4, 0.5) is 5.69 Å². The number of nitrogens with one attached hydrogen (secondary N) is 1. The molecule has 1 fully saturated rings. The smallest absolute Gasteiger partial charge is 0.272 e. The predicted molar refractivity (Wildman–Crippen MR) is 61.7 cm³/mol. The van der Waals surface area contributed by atoms with Crippen molar-refractivity contribution in [2.75, 3.05) is 19.0 Å². The van der Waals surface area contributed by atoms with Gasteiger partial charge in [0.2, 0.25) is 0 Å². The number of pyridine rings is 1. The van der Waals surface area contributed by atoms with Crippen molar-refractivity contribution in [3.8, 4) is 0 Å². The Labute approximate surface area is 94.6 Å². The number of hydrogen-bond donors (Lipinski definition) is 2. The van der Waals surface area contributed by atoms with Crippen molar-refractivity contribution in [1.29, 1.82) is 0 Å². The molecule has 1 saturated carbocycles. The highest BCUT2D eigenvalue weighted by molar-refractivity contribution is 5.92. The third-order valence-electron chi connectivity index (χ3n) is 2.72. The highest BCUT2D eigenvalue weighted by Crippen LogP contribution is 2.29. The Balaban J connectivity index is 2.00. The van der Waals surface area contributed by atoms with Crippen LogP contribution in [0.15, 0.2) is 18.3 Å². The van der Waals surface area contributed by atoms with E-state index >= 15 is 0 Å². The van der Waals surface area contributed by atoms with E-state index in [1.54, 1.807) is 23.2 Å². The topological polar surface area (TPSA) is 71.2 Å². The molecule has 2 rings (SSSR count). The molecule has 1 aromatic rings. The van der Waals surface area contributed by atoms with Crippen LogP contribution in [-0.4, -0.2) is 29.4 Å². The number of rotatable bonds is 4. The maximum absolute atomic E-state index is 11.9. The lowest BCUT2D eigenvalue weighted by atomic mass is 10.3. The van der Waals surface area contributed by atoms with Crippen LogP contribution in [0.3, 0.4) is 0 Å². The maximum Gasteiger partial charge on any atom is 0.272 e. The standard InChI is InChI=1S/C11H16N4O/c1-15(7-8-2-3-8)11(16)10-5-4-9(14-12)6-13-10/h4-6,8,14H,2-3,7,12H2,1H3. The van der Waals surface area contributed by atoms with Gasteiger partial charge in [-0.15, -0.1) is 0 Å². The zero-order valence-corrected chi connectivity index (χ0v) is 9.31. The summed E-state index contributed by atoms with van der Waals surface area (Å²) in [7, 11) is 1.82. The van der Waals surface area contributed by atoms with Crippen LogP contribution in [0.25, 0.3) is 0 Å². The van der Waals surface area contributed by atoms with Gasteiger partial charge in [-0.3, -0.25) is 10.6 Å². The van der Waals surface area contributed by atoms with Crippen LogP contribution in [0, 0.1) is 5.92 Å². The fourth-order valence-electron chi connectivity index (χ4n) is 1.57. The summed E-state index contributed by atoms with van der Waals surface area (Å²) in [6.07, 6.45) is 4.03. The molecule has 0 saturated heterocycles. The Morgan fingerprint density at radius 2 is 2.38 bits per heavy atom. The summed E-state index contributed by atoms with van der Waals surface area (Å²) < 4.78 is 0. The van der Waals surface area contributed by atoms with Crippen LogP contribution in [0.5, 0.6) is 0 Å². The SMILES string of the molecule is CN(CC1CC1)C(=O)c1ccc(NN)cn1. The number of anilines is 1. The van der Waals surface area contributed by atoms with E-state index in [-0.39, 0.29) is 5.91 Å². The van der Waals surface area contributed by atoms with Crippen LogP contribution in [-0.2, 0) is 0 Å². The van der Waals surface area contributed by atoms with Crippen LogP contribution < -0.4 is 11.3 Å². The van der Waals surface area contributed by atoms with Gasteiger partial charge in [0.1, 0.15) is 5.69 Å². The first-order valence-electron chi connectivity index (χ1n) is 5.39. The number of carbonyl (C=O) groups excluding carboxylic acids is 1. The van der Waals surface area contributed by atoms with Gasteiger partial charge in [0.15, 0.2) is 0 Å². The highest BCUT2D eigenvalue weighted by Gasteiger charge is 2.25. The summed E-state index contributed by atoms with van der Waals surface area (Å²) in [4.78, 5) is 17.7. The number of nitrogens with zero attached hydrogens (tertiary/aromatic N) is 2. The second kappa shape index (κ2) is 4.49. The number of nitrogen functional groups attached to an aromatic ring is 1. The Morgan fingerprint density at radius 3 is 2.88 bits per heavy atom. The molecule has 86 valence electrons. The lowest BCUT2D eigenvalue weighted by Gasteiger charge is -2.16. The van der Waals surface area contributed by atoms with Gasteiger partial charge >= 0.3 is 0 Å². The molecule has 1 amide bonds. The summed E-state index contributed by atoms with van der Waals surface area (Å²) in [5.74, 6) is 5.89. The van der Waals surface area contributed by atoms with Gasteiger partial charge in [-0.1, -0.05) is 0 Å². The van der Waals surface area contributed by atoms with E-state index in [9.17, 15) is 4.79 Å². The van der Waals surface area contributed by atoms with E-state index in [0.29, 0.717) is 17.3 Å². The van der Waals surface area contributed by atoms with Crippen LogP contribution >= 0.6 is 0 Å². The summed E-state index contributed by atoms with van der Waals surface area (Å²) in [5, 5.41) is 0. The van der Waals surface area contributed by atoms with Crippen LogP contribution in [0.1, 0.15) is 23.3 Å². The van der Waals surface area contributed by atoms with E-state index in [1.165, 1.54) is 12.8 Å². The molecule has 1 aromatic heterocycles. The van der Waals surface area contributed by atoms with E-state index in [2.05, 4.69) is 10.4 Å². The van der Waals surface area contributed by atoms with E-state index in [0.717, 1.165) is 6.54 Å². The summed E-state index contributed by atoms with van der Waals surface area (Å²) in [6, 6.07) is 3.42. The fraction of sp³-hybridized carbons (Fsp3) is 0.455. The zero-order chi connectivity index (χ0) is 11.5. The average Bonchev–Trinajstić information content (AvgIpc) is 3.12. The molecule has 1 heterocycles. The molecule has 0 bridgehead atoms. The highest BCUT2D eigenvalue weighted by atomic mass is 16.2. The normalized spacial score (nSPS) is 14.6. The minimum absolute atomic E-state index is 0.0320. The van der Waals surface area contributed by atoms with Gasteiger partial charge in [-0.2, -0.15) is 0 Å². The molecule has 5 nitrogen and oxygen atoms in total. The molecule has 16 heavy (non-hydrogen) atoms. The molecular weight excluding hydrogens is 204 g/mol. The first-order valence-corrected chi connectivity index (χ1v) is 5.39. The van der Waals surface area contributed by atoms with Gasteiger partial charge in [-0.05, 0) is 30.9 Å². The number of hydrazine groups is 1. The van der Waals surface area contributed by atoms with Crippen molar-refractivity contribution in [3.63, 3.8) is 0 Å². The van der Waals surface area contributed by atoms with Crippen molar-refractivity contribution < 1.29 is 4.79 Å². The third-order valence-corrected chi connectivity index (χ3v) is 2.72. The molecule has 5 heteroatoms. The summed E-state index contributed by atoms with van der Waals surface area (Å²) in [5.41, 5.74) is 3.63. The molecule has 0 aromatic carbocycles. The number of hydrogen-bond acceptors (Lipinski definition) is 4. The Bertz CT molecular complexity index is 372. The molecule has 0 unspecified atom stereocenters. The van der Waals surface area contributed by atoms with Crippen molar-refractivity contribution in [3.05, 3.63) is 24.0 Å². The van der Waals surface area contributed by atoms with Gasteiger partial charge in [0.25, 0.3) is 5.91 Å². The van der Waals surface area contributed by atoms with Crippen LogP contribution in [0.2, 0.25) is 0 Å². The Morgan fingerprint density at radius 1 is 1.62 bits per heavy atom. The largest absolute Gasteiger partial charge is 0.340 e. The molecule has 0 aliphatic heterocycles. The predicted octanol–water partition coefficient (Wildman–Crippen LogP) is 0.849. The molecule has 1 aliphatic carbocycles. The monoisotopic (exact) mass is 220 g/mol. The molecule has 0 spiro atoms. The molecule has 1 aliphatic rings. The van der Waals surface area contributed by atoms with E-state index in [1.807, 2.05) is 7.05 Å². The Kier molecular flexibility index (Phi) is 3.05. The second-order valence-electron chi connectivity index (χ2n) is 4.21. The first kappa shape index (κ1) is 10.9. The molecular formula is C11H16N4O. The number of carbonyl (C=O) groups is 1. The number of amides is 1. The second-order valence-corrected chi connectivity index (χ2v) is 4.21. The lowest BCUT2D eigenvalue weighted by Crippen LogP contribution is -2.29. The maximum atomic E-state index is 11.9. The van der Waals surface area contributed by atoms with Crippen molar-refractivity contribution in [1.82, 2.24) is 9.88 Å². The third kappa shape index (κ3) is 2.49. The molecule has 3 N–H and O–H groups in total. The van der Waals surface area contributed by atoms with Gasteiger partial charge in [0.05, 0.1) is 11.9 Å². The lowest BCUT2D eigenvalue weighted by molar-refractivity contribution is 0.0783. The summed E-state index contributed by atoms with van der Waals surface area (Å²) >= 11 is 0. The minimum Gasteiger partial charge on any atom is -0.340 e. The van der Waals surface area contributed by atoms with Gasteiger partial charge in [-0.25, -0.2) is 4.98 Å². The number of aromatic nitrogens is 1. The molecule has 0 radical (unpaired) electrons. The van der Waals surface area contributed by atoms with Crippen molar-refractivity contribution >= 4 is 11.6 Å². The summed E-state index contributed by atoms with van der Waals surface area (Å²) in [6.45, 7) is 0.831. The number of nitrogens with two attached hydrogens (primary N) is 1. The molecule has 0 atom stereocenters. The zero-order valence-electron chi connectivity index (χ0n) is 9.31. The van der Waals surface area contributed by atoms with Gasteiger partial charge in [0, 0.05) is 13.6 Å². The fourth-order valence-corrected chi connectivity index (χ4v) is 1.57. The van der Waals surface area contributed by atoms with E-state index in [4.69, 9.17) is 5.84 Å². The first-order chi connectivity index (χ1) is 7.70. The van der Waals surface area contributed by atoms with Crippen molar-refractivity contribution in [2.45, 2.75) is 12.8 Å². The average molecular weight is 220 g/mol. The quantitative estimate of drug-likeness (QED) is 0.583. The van der Waals surface area contributed by atoms with Gasteiger partial charge < -0.3 is 10.3 Å². The minimum atomic E-state index is -0.0320. The van der Waals surface area contributed by atoms with Crippen molar-refractivity contribution in [2.24, 2.45) is 11.8 Å². The van der Waals surface area contributed by atoms with E-state index < -0.39 is 0 Å². The Hall–Kier alpha value is -1.62.